The maximum absolute atomic E-state index is 12.2. The van der Waals surface area contributed by atoms with Crippen LogP contribution in [0.5, 0.6) is 11.5 Å². The summed E-state index contributed by atoms with van der Waals surface area (Å²) in [6, 6.07) is 17.2. The molecule has 0 bridgehead atoms. The number of hydrogen-bond donors (Lipinski definition) is 5. The van der Waals surface area contributed by atoms with Gasteiger partial charge in [-0.25, -0.2) is 9.97 Å². The number of aromatic nitrogens is 2. The number of alkyl halides is 6. The molecule has 2 aromatic carbocycles. The fraction of sp³-hybridized carbons (Fsp3) is 0.353. The number of aliphatic hydroxyl groups excluding tert-OH is 2. The fourth-order valence-electron chi connectivity index (χ4n) is 4.97. The van der Waals surface area contributed by atoms with Crippen molar-refractivity contribution < 1.29 is 46.0 Å². The molecule has 2 aliphatic heterocycles. The molecule has 4 heterocycles. The Balaban J connectivity index is 0.000000204. The van der Waals surface area contributed by atoms with Crippen molar-refractivity contribution in [2.45, 2.75) is 50.6 Å². The van der Waals surface area contributed by atoms with Gasteiger partial charge in [0.25, 0.3) is 0 Å². The molecule has 0 spiro atoms. The molecule has 0 amide bonds. The van der Waals surface area contributed by atoms with Crippen LogP contribution in [-0.2, 0) is 0 Å². The first kappa shape index (κ1) is 41.8. The lowest BCUT2D eigenvalue weighted by Gasteiger charge is -2.30. The second-order valence-corrected chi connectivity index (χ2v) is 12.8. The lowest BCUT2D eigenvalue weighted by atomic mass is 10.1. The van der Waals surface area contributed by atoms with Crippen LogP contribution in [0, 0.1) is 0 Å². The number of nitrogens with one attached hydrogen (secondary N) is 3. The van der Waals surface area contributed by atoms with Crippen LogP contribution in [0.15, 0.2) is 72.8 Å². The van der Waals surface area contributed by atoms with Gasteiger partial charge in [0, 0.05) is 41.9 Å². The van der Waals surface area contributed by atoms with Gasteiger partial charge in [-0.15, -0.1) is 26.3 Å². The zero-order valence-corrected chi connectivity index (χ0v) is 30.0. The zero-order valence-electron chi connectivity index (χ0n) is 27.7. The Morgan fingerprint density at radius 2 is 1.00 bits per heavy atom. The van der Waals surface area contributed by atoms with E-state index in [1.807, 2.05) is 11.0 Å². The summed E-state index contributed by atoms with van der Waals surface area (Å²) in [6.45, 7) is 3.33. The van der Waals surface area contributed by atoms with Crippen LogP contribution >= 0.6 is 34.8 Å². The second kappa shape index (κ2) is 19.4. The summed E-state index contributed by atoms with van der Waals surface area (Å²) < 4.78 is 80.2. The standard InChI is InChI=1S/C17H17ClF3N3O2.C12H7Cl2F3N2O.C5H11NO/c18-15-9-12(10-16(23-15)24-7-5-13(25)6-8-24)22-11-1-3-14(4-2-11)26-17(19,20)21;13-10-5-8(6-11(14)19-10)18-7-1-3-9(4-2-7)20-12(15,16)17;7-5-1-3-6-4-2-5/h1-4,9-10,13,25H,5-8H2,(H,22,23);1-6H,(H,18,19);5-7H,1-4H2. The molecule has 2 aliphatic rings. The Morgan fingerprint density at radius 3 is 1.40 bits per heavy atom. The minimum atomic E-state index is -4.72. The van der Waals surface area contributed by atoms with Crippen molar-refractivity contribution in [2.24, 2.45) is 0 Å². The normalized spacial score (nSPS) is 15.3. The molecule has 53 heavy (non-hydrogen) atoms. The number of anilines is 5. The summed E-state index contributed by atoms with van der Waals surface area (Å²) >= 11 is 17.6. The fourth-order valence-corrected chi connectivity index (χ4v) is 5.63. The summed E-state index contributed by atoms with van der Waals surface area (Å²) in [5, 5.41) is 28.4. The summed E-state index contributed by atoms with van der Waals surface area (Å²) in [5.74, 6) is 0.0983. The van der Waals surface area contributed by atoms with E-state index in [1.54, 1.807) is 6.07 Å². The van der Waals surface area contributed by atoms with Gasteiger partial charge in [-0.2, -0.15) is 0 Å². The van der Waals surface area contributed by atoms with Crippen molar-refractivity contribution in [3.05, 3.63) is 88.3 Å². The topological polar surface area (TPSA) is 124 Å². The number of pyridine rings is 2. The zero-order chi connectivity index (χ0) is 38.6. The highest BCUT2D eigenvalue weighted by Gasteiger charge is 2.31. The number of nitrogens with zero attached hydrogens (tertiary/aromatic N) is 3. The molecule has 4 aromatic rings. The first-order valence-corrected chi connectivity index (χ1v) is 17.2. The van der Waals surface area contributed by atoms with Gasteiger partial charge in [-0.05, 0) is 106 Å². The van der Waals surface area contributed by atoms with Crippen molar-refractivity contribution in [3.8, 4) is 11.5 Å². The molecular formula is C34H35Cl3F6N6O4. The van der Waals surface area contributed by atoms with Crippen LogP contribution in [-0.4, -0.2) is 71.3 Å². The van der Waals surface area contributed by atoms with Gasteiger partial charge in [0.05, 0.1) is 12.2 Å². The molecule has 19 heteroatoms. The van der Waals surface area contributed by atoms with E-state index < -0.39 is 12.7 Å². The number of halogens is 9. The summed E-state index contributed by atoms with van der Waals surface area (Å²) in [6.07, 6.45) is -6.55. The van der Waals surface area contributed by atoms with Gasteiger partial charge in [0.15, 0.2) is 0 Å². The van der Waals surface area contributed by atoms with E-state index in [1.165, 1.54) is 60.7 Å². The van der Waals surface area contributed by atoms with E-state index in [2.05, 4.69) is 35.4 Å². The smallest absolute Gasteiger partial charge is 0.406 e. The molecule has 10 nitrogen and oxygen atoms in total. The van der Waals surface area contributed by atoms with Crippen molar-refractivity contribution in [3.63, 3.8) is 0 Å². The summed E-state index contributed by atoms with van der Waals surface area (Å²) in [7, 11) is 0. The molecular weight excluding hydrogens is 777 g/mol. The minimum Gasteiger partial charge on any atom is -0.406 e. The van der Waals surface area contributed by atoms with E-state index >= 15 is 0 Å². The van der Waals surface area contributed by atoms with Gasteiger partial charge in [0.2, 0.25) is 0 Å². The maximum Gasteiger partial charge on any atom is 0.573 e. The van der Waals surface area contributed by atoms with E-state index in [9.17, 15) is 31.4 Å². The van der Waals surface area contributed by atoms with Crippen molar-refractivity contribution in [1.82, 2.24) is 15.3 Å². The monoisotopic (exact) mass is 810 g/mol. The maximum atomic E-state index is 12.2. The highest BCUT2D eigenvalue weighted by molar-refractivity contribution is 6.32. The molecule has 0 radical (unpaired) electrons. The van der Waals surface area contributed by atoms with E-state index in [0.717, 1.165) is 25.9 Å². The van der Waals surface area contributed by atoms with E-state index in [-0.39, 0.29) is 34.0 Å². The van der Waals surface area contributed by atoms with Crippen molar-refractivity contribution in [1.29, 1.82) is 0 Å². The van der Waals surface area contributed by atoms with Crippen molar-refractivity contribution in [2.75, 3.05) is 41.7 Å². The van der Waals surface area contributed by atoms with Gasteiger partial charge >= 0.3 is 12.7 Å². The molecule has 288 valence electrons. The molecule has 5 N–H and O–H groups in total. The largest absolute Gasteiger partial charge is 0.573 e. The first-order chi connectivity index (χ1) is 25.0. The first-order valence-electron chi connectivity index (χ1n) is 16.1. The van der Waals surface area contributed by atoms with Crippen LogP contribution in [0.1, 0.15) is 25.7 Å². The predicted molar refractivity (Wildman–Crippen MR) is 192 cm³/mol. The Morgan fingerprint density at radius 1 is 0.604 bits per heavy atom. The minimum absolute atomic E-state index is 0.0266. The molecule has 2 fully saturated rings. The van der Waals surface area contributed by atoms with Crippen LogP contribution in [0.2, 0.25) is 15.5 Å². The van der Waals surface area contributed by atoms with Crippen LogP contribution in [0.4, 0.5) is 54.9 Å². The molecule has 0 unspecified atom stereocenters. The van der Waals surface area contributed by atoms with E-state index in [0.29, 0.717) is 59.7 Å². The van der Waals surface area contributed by atoms with Crippen LogP contribution in [0.25, 0.3) is 0 Å². The molecule has 6 rings (SSSR count). The number of aliphatic hydroxyl groups is 2. The average Bonchev–Trinajstić information content (AvgIpc) is 3.06. The molecule has 2 aromatic heterocycles. The van der Waals surface area contributed by atoms with Crippen molar-refractivity contribution >= 4 is 63.4 Å². The third-order valence-electron chi connectivity index (χ3n) is 7.39. The summed E-state index contributed by atoms with van der Waals surface area (Å²) in [4.78, 5) is 10.1. The Labute approximate surface area is 316 Å². The van der Waals surface area contributed by atoms with Crippen LogP contribution < -0.4 is 30.3 Å². The van der Waals surface area contributed by atoms with Gasteiger partial charge < -0.3 is 40.5 Å². The lowest BCUT2D eigenvalue weighted by molar-refractivity contribution is -0.275. The molecule has 2 saturated heterocycles. The number of piperidine rings is 2. The van der Waals surface area contributed by atoms with Crippen LogP contribution in [0.3, 0.4) is 0 Å². The number of benzene rings is 2. The summed E-state index contributed by atoms with van der Waals surface area (Å²) in [5.41, 5.74) is 2.37. The third kappa shape index (κ3) is 15.9. The highest BCUT2D eigenvalue weighted by atomic mass is 35.5. The quantitative estimate of drug-likeness (QED) is 0.0913. The lowest BCUT2D eigenvalue weighted by Crippen LogP contribution is -2.36. The van der Waals surface area contributed by atoms with E-state index in [4.69, 9.17) is 39.9 Å². The average molecular weight is 812 g/mol. The second-order valence-electron chi connectivity index (χ2n) is 11.6. The Bertz CT molecular complexity index is 1710. The molecule has 0 aliphatic carbocycles. The van der Waals surface area contributed by atoms with Gasteiger partial charge in [0.1, 0.15) is 32.8 Å². The molecule has 0 atom stereocenters. The Hall–Kier alpha value is -3.93. The Kier molecular flexibility index (Phi) is 15.3. The van der Waals surface area contributed by atoms with Gasteiger partial charge in [-0.3, -0.25) is 0 Å². The third-order valence-corrected chi connectivity index (χ3v) is 7.97. The molecule has 0 saturated carbocycles. The predicted octanol–water partition coefficient (Wildman–Crippen LogP) is 9.10. The number of rotatable bonds is 7. The highest BCUT2D eigenvalue weighted by Crippen LogP contribution is 2.30. The van der Waals surface area contributed by atoms with Gasteiger partial charge in [-0.1, -0.05) is 34.8 Å². The number of ether oxygens (including phenoxy) is 2. The SMILES string of the molecule is FC(F)(F)Oc1ccc(Nc2cc(Cl)nc(Cl)c2)cc1.OC1CCN(c2cc(Nc3ccc(OC(F)(F)F)cc3)cc(Cl)n2)CC1.OC1CCNCC1. The number of hydrogen-bond acceptors (Lipinski definition) is 10.